The number of benzene rings is 4. The van der Waals surface area contributed by atoms with Gasteiger partial charge in [-0.2, -0.15) is 0 Å². The van der Waals surface area contributed by atoms with Crippen molar-refractivity contribution >= 4 is 99.4 Å². The Bertz CT molecular complexity index is 3380. The lowest BCUT2D eigenvalue weighted by Gasteiger charge is -2.29. The van der Waals surface area contributed by atoms with Crippen molar-refractivity contribution in [3.05, 3.63) is 120 Å². The summed E-state index contributed by atoms with van der Waals surface area (Å²) in [5.41, 5.74) is 17.9. The van der Waals surface area contributed by atoms with Crippen LogP contribution in [0.5, 0.6) is 0 Å². The minimum absolute atomic E-state index is 0.0195. The van der Waals surface area contributed by atoms with Crippen molar-refractivity contribution in [2.75, 3.05) is 20.1 Å². The molecule has 2 aliphatic heterocycles. The van der Waals surface area contributed by atoms with E-state index in [1.165, 1.54) is 26.4 Å². The van der Waals surface area contributed by atoms with E-state index >= 15 is 0 Å². The summed E-state index contributed by atoms with van der Waals surface area (Å²) in [5, 5.41) is 57.7. The molecule has 90 heavy (non-hydrogen) atoms. The summed E-state index contributed by atoms with van der Waals surface area (Å²) < 4.78 is 0. The number of rotatable bonds is 29. The number of aliphatic imine (C=N–C) groups is 2. The molecule has 14 N–H and O–H groups in total. The molecule has 0 aliphatic carbocycles. The maximum absolute atomic E-state index is 14.6. The number of aromatic nitrogens is 1. The predicted octanol–water partition coefficient (Wildman–Crippen LogP) is -3.90. The molecule has 8 amide bonds. The van der Waals surface area contributed by atoms with Gasteiger partial charge in [-0.3, -0.25) is 48.7 Å². The Kier molecular flexibility index (Phi) is 27.4. The van der Waals surface area contributed by atoms with Gasteiger partial charge in [-0.1, -0.05) is 91.0 Å². The normalized spacial score (nSPS) is 15.7. The van der Waals surface area contributed by atoms with Crippen molar-refractivity contribution < 1.29 is 73.2 Å². The highest BCUT2D eigenvalue weighted by Crippen LogP contribution is 2.21. The SMILES string of the molecule is CN1CCCC1=O.C[C@H](N)C(=O)N[C@@H](CC1C=NC=N1)C(=O)NC(=O)[C@H](CCCCN)NC(=O)[C@@H](Cc1ccccc1)NC(=O)[C@H](Cc1c[nH]c2ccccc12)NC(=O)[C@H](C)NC(=O)[C@H](N)Cc1ccc2ccccc2c1.O=C([O-])CC(O)(CC(=O)[O-])C(=O)[O-]. The molecule has 8 atom stereocenters. The van der Waals surface area contributed by atoms with Gasteiger partial charge in [0.1, 0.15) is 42.1 Å². The quantitative estimate of drug-likeness (QED) is 0.0204. The Morgan fingerprint density at radius 1 is 0.678 bits per heavy atom. The number of aromatic amines is 1. The maximum atomic E-state index is 14.6. The number of carbonyl (C=O) groups excluding carboxylic acids is 11. The number of nitrogens with zero attached hydrogens (tertiary/aromatic N) is 3. The largest absolute Gasteiger partial charge is 0.550 e. The molecule has 7 rings (SSSR count). The summed E-state index contributed by atoms with van der Waals surface area (Å²) in [5.74, 6) is -10.8. The number of fused-ring (bicyclic) bond motifs is 2. The number of hydrogen-bond donors (Lipinski definition) is 11. The Morgan fingerprint density at radius 3 is 1.87 bits per heavy atom. The first-order valence-corrected chi connectivity index (χ1v) is 29.0. The fraction of sp³-hybridized carbons (Fsp3) is 0.403. The van der Waals surface area contributed by atoms with Gasteiger partial charge >= 0.3 is 0 Å². The van der Waals surface area contributed by atoms with E-state index in [4.69, 9.17) is 22.3 Å². The molecule has 28 heteroatoms. The summed E-state index contributed by atoms with van der Waals surface area (Å²) in [7, 11) is 1.84. The number of carboxylic acid groups (broad SMARTS) is 3. The lowest BCUT2D eigenvalue weighted by molar-refractivity contribution is -0.339. The van der Waals surface area contributed by atoms with Gasteiger partial charge in [-0.15, -0.1) is 0 Å². The number of para-hydroxylation sites is 1. The molecule has 3 heterocycles. The van der Waals surface area contributed by atoms with Crippen LogP contribution in [0.2, 0.25) is 0 Å². The number of unbranched alkanes of at least 4 members (excludes halogenated alkanes) is 1. The standard InChI is InChI=1S/C51H62N12O7.C6H8O7.C5H9NO/c1-30(53)45(64)60-44(26-37-28-55-29-57-37)51(70)63-48(67)41(18-10-11-21-52)59-49(68)42(24-32-12-4-3-5-13-32)62-50(69)43(25-36-27-56-40-17-9-8-16-38(36)40)61-46(65)31(2)58-47(66)39(54)23-33-19-20-34-14-6-7-15-35(34)22-33;7-3(8)1-6(13,5(11)12)2-4(9)10;1-6-4-2-3-5(6)7/h3-9,12-17,19-20,22,27-31,37,39,41-44,56H,10-11,18,21,23-26,52-54H2,1-2H3,(H,58,66)(H,59,68)(H,60,64)(H,61,65)(H,62,69)(H,63,67,70);13H,1-2H2,(H,7,8)(H,9,10)(H,11,12);2-4H2,1H3/p-3/t30-,31-,37?,39+,41-,42+,43-,44-;;/m0../s1. The molecule has 0 bridgehead atoms. The lowest BCUT2D eigenvalue weighted by atomic mass is 9.96. The van der Waals surface area contributed by atoms with Crippen molar-refractivity contribution in [1.29, 1.82) is 0 Å². The number of likely N-dealkylation sites (tertiary alicyclic amines) is 1. The first-order chi connectivity index (χ1) is 42.8. The zero-order chi connectivity index (χ0) is 66.1. The molecule has 5 aromatic rings. The number of aliphatic carboxylic acids is 3. The molecular formula is C62H76N13O15-3. The molecule has 4 aromatic carbocycles. The fourth-order valence-corrected chi connectivity index (χ4v) is 9.45. The van der Waals surface area contributed by atoms with Gasteiger partial charge in [0.05, 0.1) is 24.1 Å². The number of nitrogens with one attached hydrogen (secondary N) is 7. The first-order valence-electron chi connectivity index (χ1n) is 29.0. The number of amides is 8. The summed E-state index contributed by atoms with van der Waals surface area (Å²) in [6.45, 7) is 4.18. The van der Waals surface area contributed by atoms with Gasteiger partial charge in [-0.25, -0.2) is 4.99 Å². The number of hydrogen-bond acceptors (Lipinski definition) is 20. The molecular weight excluding hydrogens is 1170 g/mol. The van der Waals surface area contributed by atoms with E-state index in [2.05, 4.69) is 46.9 Å². The molecule has 1 aromatic heterocycles. The van der Waals surface area contributed by atoms with Crippen molar-refractivity contribution in [2.45, 2.75) is 138 Å². The average Bonchev–Trinajstić information content (AvgIpc) is 2.22. The zero-order valence-electron chi connectivity index (χ0n) is 50.0. The van der Waals surface area contributed by atoms with Gasteiger partial charge < -0.3 is 88.5 Å². The molecule has 1 unspecified atom stereocenters. The van der Waals surface area contributed by atoms with E-state index in [0.717, 1.165) is 46.6 Å². The summed E-state index contributed by atoms with van der Waals surface area (Å²) in [4.78, 5) is 150. The number of nitrogens with two attached hydrogens (primary N) is 3. The molecule has 482 valence electrons. The van der Waals surface area contributed by atoms with Crippen LogP contribution in [0.15, 0.2) is 113 Å². The number of aliphatic hydroxyl groups is 1. The van der Waals surface area contributed by atoms with E-state index < -0.39 is 126 Å². The smallest absolute Gasteiger partial charge is 0.249 e. The van der Waals surface area contributed by atoms with Crippen LogP contribution in [0, 0.1) is 0 Å². The maximum Gasteiger partial charge on any atom is 0.249 e. The number of carboxylic acids is 3. The van der Waals surface area contributed by atoms with E-state index in [9.17, 15) is 68.1 Å². The second kappa shape index (κ2) is 34.7. The lowest BCUT2D eigenvalue weighted by Crippen LogP contribution is -2.60. The average molecular weight is 1240 g/mol. The zero-order valence-corrected chi connectivity index (χ0v) is 50.0. The van der Waals surface area contributed by atoms with Crippen molar-refractivity contribution in [1.82, 2.24) is 41.8 Å². The van der Waals surface area contributed by atoms with Crippen molar-refractivity contribution in [3.8, 4) is 0 Å². The van der Waals surface area contributed by atoms with Gasteiger partial charge in [0, 0.05) is 87.4 Å². The highest BCUT2D eigenvalue weighted by molar-refractivity contribution is 6.03. The van der Waals surface area contributed by atoms with E-state index in [1.54, 1.807) is 41.4 Å². The van der Waals surface area contributed by atoms with E-state index in [-0.39, 0.29) is 32.1 Å². The third kappa shape index (κ3) is 22.4. The van der Waals surface area contributed by atoms with Crippen LogP contribution in [0.1, 0.15) is 81.9 Å². The van der Waals surface area contributed by atoms with Crippen LogP contribution < -0.4 is 64.4 Å². The Balaban J connectivity index is 0.000000625. The van der Waals surface area contributed by atoms with Crippen LogP contribution in [0.25, 0.3) is 21.7 Å². The Morgan fingerprint density at radius 2 is 1.28 bits per heavy atom. The summed E-state index contributed by atoms with van der Waals surface area (Å²) in [6, 6.07) is 21.3. The van der Waals surface area contributed by atoms with Crippen LogP contribution >= 0.6 is 0 Å². The van der Waals surface area contributed by atoms with Gasteiger partial charge in [-0.05, 0) is 86.0 Å². The second-order valence-corrected chi connectivity index (χ2v) is 21.8. The topological polar surface area (TPSA) is 471 Å². The molecule has 1 saturated heterocycles. The molecule has 28 nitrogen and oxygen atoms in total. The highest BCUT2D eigenvalue weighted by atomic mass is 16.4. The molecule has 1 fully saturated rings. The molecule has 0 spiro atoms. The third-order valence-corrected chi connectivity index (χ3v) is 14.5. The highest BCUT2D eigenvalue weighted by Gasteiger charge is 2.35. The minimum atomic E-state index is -2.97. The van der Waals surface area contributed by atoms with Crippen molar-refractivity contribution in [2.24, 2.45) is 27.2 Å². The van der Waals surface area contributed by atoms with Gasteiger partial charge in [0.15, 0.2) is 0 Å². The van der Waals surface area contributed by atoms with Gasteiger partial charge in [0.2, 0.25) is 47.3 Å². The molecule has 2 aliphatic rings. The Hall–Kier alpha value is -9.77. The molecule has 0 saturated carbocycles. The third-order valence-electron chi connectivity index (χ3n) is 14.5. The summed E-state index contributed by atoms with van der Waals surface area (Å²) >= 11 is 0. The Labute approximate surface area is 518 Å². The van der Waals surface area contributed by atoms with Crippen molar-refractivity contribution in [3.63, 3.8) is 0 Å². The fourth-order valence-electron chi connectivity index (χ4n) is 9.45. The van der Waals surface area contributed by atoms with Crippen LogP contribution in [0.3, 0.4) is 0 Å². The predicted molar refractivity (Wildman–Crippen MR) is 324 cm³/mol. The summed E-state index contributed by atoms with van der Waals surface area (Å²) in [6.07, 6.45) is 4.74. The first kappa shape index (κ1) is 71.0. The monoisotopic (exact) mass is 1240 g/mol. The van der Waals surface area contributed by atoms with Crippen LogP contribution in [0.4, 0.5) is 0 Å². The van der Waals surface area contributed by atoms with Crippen LogP contribution in [-0.4, -0.2) is 167 Å². The van der Waals surface area contributed by atoms with Gasteiger partial charge in [0.25, 0.3) is 0 Å². The number of H-pyrrole nitrogens is 1. The molecule has 0 radical (unpaired) electrons. The minimum Gasteiger partial charge on any atom is -0.550 e. The van der Waals surface area contributed by atoms with E-state index in [1.807, 2.05) is 73.8 Å². The second-order valence-electron chi connectivity index (χ2n) is 21.8. The van der Waals surface area contributed by atoms with Crippen LogP contribution in [-0.2, 0) is 72.0 Å². The number of imide groups is 1. The van der Waals surface area contributed by atoms with E-state index in [0.29, 0.717) is 36.4 Å². The number of carbonyl (C=O) groups is 11.